The number of hydrogen-bond acceptors (Lipinski definition) is 3. The lowest BCUT2D eigenvalue weighted by Crippen LogP contribution is -2.48. The Morgan fingerprint density at radius 1 is 1.12 bits per heavy atom. The number of imide groups is 1. The molecular formula is C20H17ClN2O3. The molecule has 2 aromatic carbocycles. The summed E-state index contributed by atoms with van der Waals surface area (Å²) in [6, 6.07) is 11.2. The summed E-state index contributed by atoms with van der Waals surface area (Å²) in [6.07, 6.45) is 1.54. The molecule has 1 N–H and O–H groups in total. The molecule has 0 bridgehead atoms. The summed E-state index contributed by atoms with van der Waals surface area (Å²) in [5.74, 6) is -1.21. The number of hydrogen-bond donors (Lipinski definition) is 1. The molecule has 3 amide bonds. The fourth-order valence-electron chi connectivity index (χ4n) is 3.73. The molecule has 2 atom stereocenters. The predicted molar refractivity (Wildman–Crippen MR) is 97.1 cm³/mol. The fraction of sp³-hybridized carbons (Fsp3) is 0.250. The van der Waals surface area contributed by atoms with Crippen LogP contribution in [0.4, 0.5) is 0 Å². The molecule has 0 saturated heterocycles. The van der Waals surface area contributed by atoms with Gasteiger partial charge in [-0.05, 0) is 49.1 Å². The Kier molecular flexibility index (Phi) is 4.04. The maximum Gasteiger partial charge on any atom is 0.262 e. The fourth-order valence-corrected chi connectivity index (χ4v) is 4.01. The molecule has 2 aromatic rings. The first-order valence-corrected chi connectivity index (χ1v) is 8.91. The van der Waals surface area contributed by atoms with Gasteiger partial charge < -0.3 is 5.32 Å². The van der Waals surface area contributed by atoms with Crippen molar-refractivity contribution in [1.29, 1.82) is 0 Å². The number of carbonyl (C=O) groups is 3. The van der Waals surface area contributed by atoms with Crippen LogP contribution in [0, 0.1) is 0 Å². The lowest BCUT2D eigenvalue weighted by Gasteiger charge is -2.24. The van der Waals surface area contributed by atoms with E-state index in [0.717, 1.165) is 28.9 Å². The molecular weight excluding hydrogens is 352 g/mol. The molecule has 0 unspecified atom stereocenters. The van der Waals surface area contributed by atoms with Crippen molar-refractivity contribution in [3.05, 3.63) is 69.7 Å². The minimum atomic E-state index is -0.884. The van der Waals surface area contributed by atoms with E-state index in [1.165, 1.54) is 0 Å². The highest BCUT2D eigenvalue weighted by Crippen LogP contribution is 2.35. The second kappa shape index (κ2) is 6.25. The van der Waals surface area contributed by atoms with Crippen LogP contribution in [-0.2, 0) is 11.2 Å². The minimum absolute atomic E-state index is 0.158. The van der Waals surface area contributed by atoms with Crippen molar-refractivity contribution in [2.75, 3.05) is 0 Å². The number of benzene rings is 2. The summed E-state index contributed by atoms with van der Waals surface area (Å²) in [5.41, 5.74) is 2.73. The van der Waals surface area contributed by atoms with E-state index >= 15 is 0 Å². The molecule has 1 heterocycles. The summed E-state index contributed by atoms with van der Waals surface area (Å²) >= 11 is 6.22. The smallest absolute Gasteiger partial charge is 0.262 e. The summed E-state index contributed by atoms with van der Waals surface area (Å²) in [4.78, 5) is 38.9. The van der Waals surface area contributed by atoms with Crippen LogP contribution in [0.2, 0.25) is 5.02 Å². The molecule has 0 saturated carbocycles. The minimum Gasteiger partial charge on any atom is -0.347 e. The van der Waals surface area contributed by atoms with Crippen molar-refractivity contribution in [1.82, 2.24) is 10.2 Å². The number of nitrogens with one attached hydrogen (secondary N) is 1. The lowest BCUT2D eigenvalue weighted by atomic mass is 10.1. The molecule has 26 heavy (non-hydrogen) atoms. The van der Waals surface area contributed by atoms with Crippen LogP contribution >= 0.6 is 11.6 Å². The Hall–Kier alpha value is -2.66. The van der Waals surface area contributed by atoms with Crippen molar-refractivity contribution < 1.29 is 14.4 Å². The molecule has 5 nitrogen and oxygen atoms in total. The number of nitrogens with zero attached hydrogens (tertiary/aromatic N) is 1. The average molecular weight is 369 g/mol. The summed E-state index contributed by atoms with van der Waals surface area (Å²) < 4.78 is 0. The van der Waals surface area contributed by atoms with Gasteiger partial charge >= 0.3 is 0 Å². The molecule has 0 fully saturated rings. The quantitative estimate of drug-likeness (QED) is 0.846. The monoisotopic (exact) mass is 368 g/mol. The van der Waals surface area contributed by atoms with E-state index in [1.54, 1.807) is 31.2 Å². The molecule has 0 aromatic heterocycles. The first-order valence-electron chi connectivity index (χ1n) is 8.53. The average Bonchev–Trinajstić information content (AvgIpc) is 3.16. The van der Waals surface area contributed by atoms with E-state index in [9.17, 15) is 14.4 Å². The van der Waals surface area contributed by atoms with Crippen LogP contribution in [0.25, 0.3) is 0 Å². The Morgan fingerprint density at radius 2 is 1.77 bits per heavy atom. The van der Waals surface area contributed by atoms with Crippen molar-refractivity contribution in [2.24, 2.45) is 0 Å². The third-order valence-corrected chi connectivity index (χ3v) is 5.48. The first-order chi connectivity index (χ1) is 12.5. The van der Waals surface area contributed by atoms with Gasteiger partial charge in [-0.25, -0.2) is 0 Å². The number of fused-ring (bicyclic) bond motifs is 2. The molecule has 0 radical (unpaired) electrons. The first kappa shape index (κ1) is 16.8. The van der Waals surface area contributed by atoms with Crippen molar-refractivity contribution in [3.8, 4) is 0 Å². The molecule has 4 rings (SSSR count). The zero-order chi connectivity index (χ0) is 18.4. The van der Waals surface area contributed by atoms with Gasteiger partial charge in [0.15, 0.2) is 0 Å². The SMILES string of the molecule is C[C@@H](C(=O)N[C@H]1CCc2c(Cl)cccc21)N1C(=O)c2ccccc2C1=O. The third kappa shape index (κ3) is 2.51. The van der Waals surface area contributed by atoms with Gasteiger partial charge in [0, 0.05) is 5.02 Å². The maximum absolute atomic E-state index is 12.7. The summed E-state index contributed by atoms with van der Waals surface area (Å²) in [6.45, 7) is 1.57. The van der Waals surface area contributed by atoms with E-state index in [4.69, 9.17) is 11.6 Å². The molecule has 132 valence electrons. The maximum atomic E-state index is 12.7. The van der Waals surface area contributed by atoms with Crippen molar-refractivity contribution in [2.45, 2.75) is 31.8 Å². The van der Waals surface area contributed by atoms with Gasteiger partial charge in [-0.3, -0.25) is 19.3 Å². The molecule has 6 heteroatoms. The highest BCUT2D eigenvalue weighted by Gasteiger charge is 2.41. The van der Waals surface area contributed by atoms with Gasteiger partial charge in [0.25, 0.3) is 11.8 Å². The Balaban J connectivity index is 1.53. The molecule has 1 aliphatic heterocycles. The number of halogens is 1. The van der Waals surface area contributed by atoms with Gasteiger partial charge in [-0.1, -0.05) is 35.9 Å². The molecule has 2 aliphatic rings. The zero-order valence-corrected chi connectivity index (χ0v) is 14.9. The van der Waals surface area contributed by atoms with Crippen LogP contribution in [0.15, 0.2) is 42.5 Å². The van der Waals surface area contributed by atoms with Crippen molar-refractivity contribution in [3.63, 3.8) is 0 Å². The number of rotatable bonds is 3. The lowest BCUT2D eigenvalue weighted by molar-refractivity contribution is -0.125. The van der Waals surface area contributed by atoms with Gasteiger partial charge in [0.05, 0.1) is 17.2 Å². The van der Waals surface area contributed by atoms with Crippen molar-refractivity contribution >= 4 is 29.3 Å². The number of amides is 3. The van der Waals surface area contributed by atoms with Crippen LogP contribution < -0.4 is 5.32 Å². The van der Waals surface area contributed by atoms with E-state index in [1.807, 2.05) is 18.2 Å². The van der Waals surface area contributed by atoms with Gasteiger partial charge in [-0.2, -0.15) is 0 Å². The standard InChI is InChI=1S/C20H17ClN2O3/c1-11(23-19(25)14-5-2-3-6-15(14)20(23)26)18(24)22-17-10-9-12-13(17)7-4-8-16(12)21/h2-8,11,17H,9-10H2,1H3,(H,22,24)/t11-,17-/m0/s1. The molecule has 1 aliphatic carbocycles. The largest absolute Gasteiger partial charge is 0.347 e. The van der Waals surface area contributed by atoms with Crippen LogP contribution in [-0.4, -0.2) is 28.7 Å². The van der Waals surface area contributed by atoms with Crippen LogP contribution in [0.1, 0.15) is 51.2 Å². The van der Waals surface area contributed by atoms with Gasteiger partial charge in [-0.15, -0.1) is 0 Å². The highest BCUT2D eigenvalue weighted by atomic mass is 35.5. The van der Waals surface area contributed by atoms with E-state index < -0.39 is 17.9 Å². The second-order valence-electron chi connectivity index (χ2n) is 6.61. The second-order valence-corrected chi connectivity index (χ2v) is 7.02. The Morgan fingerprint density at radius 3 is 2.42 bits per heavy atom. The topological polar surface area (TPSA) is 66.5 Å². The predicted octanol–water partition coefficient (Wildman–Crippen LogP) is 3.13. The van der Waals surface area contributed by atoms with E-state index in [0.29, 0.717) is 16.1 Å². The van der Waals surface area contributed by atoms with E-state index in [-0.39, 0.29) is 11.9 Å². The summed E-state index contributed by atoms with van der Waals surface area (Å²) in [7, 11) is 0. The third-order valence-electron chi connectivity index (χ3n) is 5.12. The van der Waals surface area contributed by atoms with Gasteiger partial charge in [0.1, 0.15) is 6.04 Å². The summed E-state index contributed by atoms with van der Waals surface area (Å²) in [5, 5.41) is 3.66. The van der Waals surface area contributed by atoms with Gasteiger partial charge in [0.2, 0.25) is 5.91 Å². The molecule has 0 spiro atoms. The van der Waals surface area contributed by atoms with Crippen LogP contribution in [0.5, 0.6) is 0 Å². The van der Waals surface area contributed by atoms with E-state index in [2.05, 4.69) is 5.32 Å². The highest BCUT2D eigenvalue weighted by molar-refractivity contribution is 6.31. The Labute approximate surface area is 155 Å². The van der Waals surface area contributed by atoms with Crippen LogP contribution in [0.3, 0.4) is 0 Å². The normalized spacial score (nSPS) is 19.3. The Bertz CT molecular complexity index is 905. The zero-order valence-electron chi connectivity index (χ0n) is 14.2. The number of carbonyl (C=O) groups excluding carboxylic acids is 3.